The lowest BCUT2D eigenvalue weighted by Crippen LogP contribution is -2.56. The van der Waals surface area contributed by atoms with E-state index in [9.17, 15) is 23.2 Å². The number of benzene rings is 1. The molecule has 1 aliphatic carbocycles. The smallest absolute Gasteiger partial charge is 0.368 e. The third-order valence-electron chi connectivity index (χ3n) is 7.87. The first-order valence-corrected chi connectivity index (χ1v) is 12.2. The number of hydrogen-bond acceptors (Lipinski definition) is 6. The van der Waals surface area contributed by atoms with Gasteiger partial charge in [-0.25, -0.2) is 10.4 Å². The van der Waals surface area contributed by atoms with Gasteiger partial charge >= 0.3 is 6.18 Å². The van der Waals surface area contributed by atoms with Gasteiger partial charge in [0.25, 0.3) is 0 Å². The number of nitriles is 1. The fourth-order valence-electron chi connectivity index (χ4n) is 5.96. The average Bonchev–Trinajstić information content (AvgIpc) is 3.60. The van der Waals surface area contributed by atoms with Crippen LogP contribution in [0, 0.1) is 23.2 Å². The normalized spacial score (nSPS) is 33.0. The molecule has 3 saturated heterocycles. The molecule has 1 aromatic carbocycles. The van der Waals surface area contributed by atoms with E-state index in [2.05, 4.69) is 32.5 Å². The van der Waals surface area contributed by atoms with E-state index < -0.39 is 17.9 Å². The van der Waals surface area contributed by atoms with E-state index in [1.165, 1.54) is 12.1 Å². The average molecular weight is 477 g/mol. The number of carbonyl (C=O) groups excluding carboxylic acids is 1. The second kappa shape index (κ2) is 9.02. The zero-order chi connectivity index (χ0) is 23.9. The molecule has 10 heteroatoms. The van der Waals surface area contributed by atoms with Gasteiger partial charge in [-0.2, -0.15) is 18.4 Å². The second-order valence-corrected chi connectivity index (χ2v) is 9.96. The number of anilines is 1. The summed E-state index contributed by atoms with van der Waals surface area (Å²) in [7, 11) is 0. The molecular formula is C24H31F3N6O. The van der Waals surface area contributed by atoms with Crippen molar-refractivity contribution in [3.63, 3.8) is 0 Å². The number of amides is 1. The van der Waals surface area contributed by atoms with Crippen molar-refractivity contribution in [3.05, 3.63) is 29.8 Å². The van der Waals surface area contributed by atoms with Crippen molar-refractivity contribution < 1.29 is 18.0 Å². The highest BCUT2D eigenvalue weighted by Crippen LogP contribution is 2.45. The highest BCUT2D eigenvalue weighted by molar-refractivity contribution is 5.82. The molecule has 4 N–H and O–H groups in total. The Bertz CT molecular complexity index is 936. The van der Waals surface area contributed by atoms with Gasteiger partial charge in [-0.1, -0.05) is 12.1 Å². The molecule has 0 bridgehead atoms. The van der Waals surface area contributed by atoms with Crippen molar-refractivity contribution >= 4 is 11.6 Å². The molecule has 0 spiro atoms. The molecule has 1 aromatic rings. The predicted octanol–water partition coefficient (Wildman–Crippen LogP) is 2.97. The first-order valence-electron chi connectivity index (χ1n) is 12.2. The first kappa shape index (κ1) is 23.4. The van der Waals surface area contributed by atoms with Crippen LogP contribution < -0.4 is 21.4 Å². The molecule has 3 aliphatic heterocycles. The monoisotopic (exact) mass is 476 g/mol. The number of alkyl halides is 3. The number of nitrogens with one attached hydrogen (secondary N) is 4. The van der Waals surface area contributed by atoms with Crippen LogP contribution in [0.5, 0.6) is 0 Å². The topological polar surface area (TPSA) is 92.2 Å². The van der Waals surface area contributed by atoms with Gasteiger partial charge < -0.3 is 10.6 Å². The summed E-state index contributed by atoms with van der Waals surface area (Å²) in [5, 5.41) is 20.5. The predicted molar refractivity (Wildman–Crippen MR) is 120 cm³/mol. The summed E-state index contributed by atoms with van der Waals surface area (Å²) >= 11 is 0. The lowest BCUT2D eigenvalue weighted by Gasteiger charge is -2.40. The molecule has 1 amide bonds. The molecule has 0 radical (unpaired) electrons. The van der Waals surface area contributed by atoms with Gasteiger partial charge in [0.05, 0.1) is 18.4 Å². The Kier molecular flexibility index (Phi) is 6.21. The van der Waals surface area contributed by atoms with Crippen LogP contribution in [0.3, 0.4) is 0 Å². The largest absolute Gasteiger partial charge is 0.410 e. The molecule has 0 aromatic heterocycles. The van der Waals surface area contributed by atoms with Crippen molar-refractivity contribution in [3.8, 4) is 6.07 Å². The lowest BCUT2D eigenvalue weighted by atomic mass is 9.81. The fraction of sp³-hybridized carbons (Fsp3) is 0.667. The zero-order valence-corrected chi connectivity index (χ0v) is 19.0. The third kappa shape index (κ3) is 4.14. The number of hydrogen-bond donors (Lipinski definition) is 4. The number of fused-ring (bicyclic) bond motifs is 1. The van der Waals surface area contributed by atoms with Crippen LogP contribution in [0.4, 0.5) is 18.9 Å². The van der Waals surface area contributed by atoms with Crippen LogP contribution in [-0.4, -0.2) is 48.4 Å². The van der Waals surface area contributed by atoms with E-state index in [1.807, 2.05) is 0 Å². The Morgan fingerprint density at radius 3 is 2.56 bits per heavy atom. The molecule has 4 fully saturated rings. The molecule has 4 aliphatic rings. The highest BCUT2D eigenvalue weighted by atomic mass is 19.4. The van der Waals surface area contributed by atoms with Crippen LogP contribution in [0.15, 0.2) is 24.3 Å². The maximum absolute atomic E-state index is 14.0. The van der Waals surface area contributed by atoms with Crippen LogP contribution in [0.1, 0.15) is 50.5 Å². The molecule has 5 rings (SSSR count). The Morgan fingerprint density at radius 1 is 1.18 bits per heavy atom. The maximum Gasteiger partial charge on any atom is 0.410 e. The molecule has 4 unspecified atom stereocenters. The van der Waals surface area contributed by atoms with Crippen LogP contribution in [0.25, 0.3) is 0 Å². The summed E-state index contributed by atoms with van der Waals surface area (Å²) in [6.45, 7) is 0.931. The number of hydrazine groups is 1. The molecule has 5 atom stereocenters. The van der Waals surface area contributed by atoms with Crippen molar-refractivity contribution in [2.45, 2.75) is 74.9 Å². The van der Waals surface area contributed by atoms with E-state index in [0.29, 0.717) is 37.5 Å². The minimum absolute atomic E-state index is 0.0216. The third-order valence-corrected chi connectivity index (χ3v) is 7.87. The zero-order valence-electron chi connectivity index (χ0n) is 19.0. The van der Waals surface area contributed by atoms with Crippen LogP contribution >= 0.6 is 0 Å². The quantitative estimate of drug-likeness (QED) is 0.505. The van der Waals surface area contributed by atoms with E-state index in [1.54, 1.807) is 12.1 Å². The van der Waals surface area contributed by atoms with Crippen molar-refractivity contribution in [1.82, 2.24) is 21.1 Å². The van der Waals surface area contributed by atoms with Crippen LogP contribution in [0.2, 0.25) is 0 Å². The van der Waals surface area contributed by atoms with Crippen molar-refractivity contribution in [2.24, 2.45) is 11.8 Å². The number of carbonyl (C=O) groups is 1. The van der Waals surface area contributed by atoms with Gasteiger partial charge in [-0.15, -0.1) is 0 Å². The standard InChI is InChI=1S/C24H31F3N6O/c25-24(26,27)23(11-1-2-13-30-23)16-5-7-17(8-6-16)31-21-20-19(10-14-29-22(20)34)33(32-21)18(9-12-28)15-3-4-15/h5-8,15,18-21,30-32H,1-4,9-11,13-14H2,(H,29,34)/t18-,19?,20?,21?,23?/m0/s1. The Balaban J connectivity index is 1.36. The van der Waals surface area contributed by atoms with Gasteiger partial charge in [0.1, 0.15) is 11.7 Å². The number of piperidine rings is 2. The molecular weight excluding hydrogens is 445 g/mol. The Hall–Kier alpha value is -2.35. The van der Waals surface area contributed by atoms with E-state index in [0.717, 1.165) is 25.7 Å². The summed E-state index contributed by atoms with van der Waals surface area (Å²) in [5.74, 6) is 0.0570. The minimum atomic E-state index is -4.39. The van der Waals surface area contributed by atoms with Gasteiger partial charge in [0.15, 0.2) is 0 Å². The lowest BCUT2D eigenvalue weighted by molar-refractivity contribution is -0.207. The summed E-state index contributed by atoms with van der Waals surface area (Å²) in [6.07, 6.45) is -0.149. The second-order valence-electron chi connectivity index (χ2n) is 9.96. The van der Waals surface area contributed by atoms with Gasteiger partial charge in [-0.05, 0) is 68.7 Å². The number of nitrogens with zero attached hydrogens (tertiary/aromatic N) is 2. The van der Waals surface area contributed by atoms with E-state index >= 15 is 0 Å². The molecule has 3 heterocycles. The van der Waals surface area contributed by atoms with E-state index in [-0.39, 0.29) is 35.9 Å². The summed E-state index contributed by atoms with van der Waals surface area (Å²) in [4.78, 5) is 12.8. The SMILES string of the molecule is N#CC[C@@H](C1CC1)N1NC(Nc2ccc(C3(C(F)(F)F)CCCCN3)cc2)C2C(=O)NCCC21. The minimum Gasteiger partial charge on any atom is -0.368 e. The first-order chi connectivity index (χ1) is 16.3. The van der Waals surface area contributed by atoms with Crippen molar-refractivity contribution in [2.75, 3.05) is 18.4 Å². The summed E-state index contributed by atoms with van der Waals surface area (Å²) in [6, 6.07) is 8.70. The summed E-state index contributed by atoms with van der Waals surface area (Å²) < 4.78 is 42.1. The number of halogens is 3. The number of rotatable bonds is 6. The molecule has 34 heavy (non-hydrogen) atoms. The van der Waals surface area contributed by atoms with Gasteiger partial charge in [0.2, 0.25) is 5.91 Å². The van der Waals surface area contributed by atoms with Crippen molar-refractivity contribution in [1.29, 1.82) is 5.26 Å². The molecule has 184 valence electrons. The maximum atomic E-state index is 14.0. The fourth-order valence-corrected chi connectivity index (χ4v) is 5.96. The van der Waals surface area contributed by atoms with Crippen LogP contribution in [-0.2, 0) is 10.3 Å². The van der Waals surface area contributed by atoms with Gasteiger partial charge in [0, 0.05) is 24.3 Å². The molecule has 1 saturated carbocycles. The Labute approximate surface area is 197 Å². The van der Waals surface area contributed by atoms with E-state index in [4.69, 9.17) is 0 Å². The Morgan fingerprint density at radius 2 is 1.94 bits per heavy atom. The van der Waals surface area contributed by atoms with Gasteiger partial charge in [-0.3, -0.25) is 10.1 Å². The highest BCUT2D eigenvalue weighted by Gasteiger charge is 2.56. The molecule has 7 nitrogen and oxygen atoms in total. The summed E-state index contributed by atoms with van der Waals surface area (Å²) in [5.41, 5.74) is 2.29.